The van der Waals surface area contributed by atoms with Crippen molar-refractivity contribution in [3.05, 3.63) is 88.0 Å². The van der Waals surface area contributed by atoms with Crippen LogP contribution in [0.25, 0.3) is 0 Å². The van der Waals surface area contributed by atoms with E-state index in [2.05, 4.69) is 0 Å². The first-order valence-electron chi connectivity index (χ1n) is 8.20. The van der Waals surface area contributed by atoms with Gasteiger partial charge in [-0.15, -0.1) is 0 Å². The van der Waals surface area contributed by atoms with Gasteiger partial charge in [-0.2, -0.15) is 10.5 Å². The summed E-state index contributed by atoms with van der Waals surface area (Å²) in [6.45, 7) is 0. The maximum Gasteiger partial charge on any atom is 0.349 e. The zero-order valence-corrected chi connectivity index (χ0v) is 15.3. The van der Waals surface area contributed by atoms with Crippen molar-refractivity contribution >= 4 is 22.7 Å². The molecular weight excluding hydrogens is 416 g/mol. The second kappa shape index (κ2) is 8.58. The Balaban J connectivity index is 2.64. The van der Waals surface area contributed by atoms with Gasteiger partial charge in [-0.1, -0.05) is 24.3 Å². The molecule has 31 heavy (non-hydrogen) atoms. The predicted octanol–water partition coefficient (Wildman–Crippen LogP) is 3.14. The maximum absolute atomic E-state index is 11.4. The molecule has 0 unspecified atom stereocenters. The van der Waals surface area contributed by atoms with Crippen LogP contribution >= 0.6 is 0 Å². The summed E-state index contributed by atoms with van der Waals surface area (Å²) < 4.78 is 0. The minimum Gasteiger partial charge on any atom is -0.258 e. The zero-order valence-electron chi connectivity index (χ0n) is 15.3. The van der Waals surface area contributed by atoms with E-state index in [1.807, 2.05) is 0 Å². The summed E-state index contributed by atoms with van der Waals surface area (Å²) in [5.41, 5.74) is -6.31. The number of hydrogen-bond acceptors (Lipinski definition) is 10. The second-order valence-corrected chi connectivity index (χ2v) is 6.26. The van der Waals surface area contributed by atoms with Gasteiger partial charge in [0.15, 0.2) is 5.41 Å². The largest absolute Gasteiger partial charge is 0.349 e. The lowest BCUT2D eigenvalue weighted by atomic mass is 9.78. The fourth-order valence-electron chi connectivity index (χ4n) is 3.05. The van der Waals surface area contributed by atoms with Crippen LogP contribution in [0.2, 0.25) is 0 Å². The topological polar surface area (TPSA) is 220 Å². The van der Waals surface area contributed by atoms with Crippen LogP contribution in [0.4, 0.5) is 22.7 Å². The van der Waals surface area contributed by atoms with Crippen LogP contribution in [0.3, 0.4) is 0 Å². The molecule has 156 valence electrons. The number of nitro groups is 4. The van der Waals surface area contributed by atoms with Gasteiger partial charge < -0.3 is 0 Å². The molecule has 0 bridgehead atoms. The lowest BCUT2D eigenvalue weighted by molar-refractivity contribution is -0.423. The first-order chi connectivity index (χ1) is 14.6. The molecule has 0 saturated carbocycles. The highest BCUT2D eigenvalue weighted by molar-refractivity contribution is 5.60. The number of para-hydroxylation sites is 2. The van der Waals surface area contributed by atoms with Crippen molar-refractivity contribution in [1.29, 1.82) is 10.5 Å². The monoisotopic (exact) mass is 426 g/mol. The van der Waals surface area contributed by atoms with Crippen LogP contribution in [-0.4, -0.2) is 19.7 Å². The van der Waals surface area contributed by atoms with Crippen LogP contribution in [0, 0.1) is 68.5 Å². The summed E-state index contributed by atoms with van der Waals surface area (Å²) in [5, 5.41) is 64.3. The first kappa shape index (κ1) is 22.3. The van der Waals surface area contributed by atoms with E-state index >= 15 is 0 Å². The lowest BCUT2D eigenvalue weighted by Gasteiger charge is -2.18. The molecule has 0 amide bonds. The molecule has 0 spiro atoms. The molecule has 0 atom stereocenters. The lowest BCUT2D eigenvalue weighted by Crippen LogP contribution is -2.24. The maximum atomic E-state index is 11.4. The number of benzene rings is 2. The van der Waals surface area contributed by atoms with Crippen molar-refractivity contribution in [1.82, 2.24) is 0 Å². The zero-order chi connectivity index (χ0) is 23.3. The Kier molecular flexibility index (Phi) is 6.17. The van der Waals surface area contributed by atoms with E-state index < -0.39 is 60.7 Å². The van der Waals surface area contributed by atoms with Crippen LogP contribution in [0.1, 0.15) is 11.1 Å². The first-order valence-corrected chi connectivity index (χ1v) is 8.20. The van der Waals surface area contributed by atoms with Crippen molar-refractivity contribution in [3.8, 4) is 12.1 Å². The van der Waals surface area contributed by atoms with E-state index in [1.54, 1.807) is 12.1 Å². The number of nitro benzene ring substituents is 4. The molecule has 14 heteroatoms. The molecule has 0 N–H and O–H groups in total. The third-order valence-corrected chi connectivity index (χ3v) is 4.37. The number of hydrogen-bond donors (Lipinski definition) is 0. The minimum atomic E-state index is -2.14. The van der Waals surface area contributed by atoms with Crippen molar-refractivity contribution in [3.63, 3.8) is 0 Å². The van der Waals surface area contributed by atoms with Crippen molar-refractivity contribution in [2.24, 2.45) is 5.41 Å². The van der Waals surface area contributed by atoms with E-state index in [1.165, 1.54) is 0 Å². The standard InChI is InChI=1S/C17H10N6O8/c18-9-17(10-19,7-11-3-1-5-13(20(24)25)15(11)22(28)29)8-12-4-2-6-14(21(26)27)16(12)23(30)31/h1-6H,7-8H2. The predicted molar refractivity (Wildman–Crippen MR) is 101 cm³/mol. The highest BCUT2D eigenvalue weighted by Gasteiger charge is 2.40. The summed E-state index contributed by atoms with van der Waals surface area (Å²) in [7, 11) is 0. The quantitative estimate of drug-likeness (QED) is 0.443. The van der Waals surface area contributed by atoms with Crippen molar-refractivity contribution in [2.75, 3.05) is 0 Å². The van der Waals surface area contributed by atoms with Crippen LogP contribution in [-0.2, 0) is 12.8 Å². The van der Waals surface area contributed by atoms with Crippen LogP contribution in [0.5, 0.6) is 0 Å². The Labute approximate surface area is 172 Å². The Morgan fingerprint density at radius 2 is 1.03 bits per heavy atom. The average molecular weight is 426 g/mol. The molecule has 2 rings (SSSR count). The van der Waals surface area contributed by atoms with E-state index in [4.69, 9.17) is 0 Å². The van der Waals surface area contributed by atoms with E-state index in [-0.39, 0.29) is 11.1 Å². The van der Waals surface area contributed by atoms with Gasteiger partial charge in [0, 0.05) is 36.1 Å². The van der Waals surface area contributed by atoms with Gasteiger partial charge in [0.05, 0.1) is 31.8 Å². The highest BCUT2D eigenvalue weighted by atomic mass is 16.6. The average Bonchev–Trinajstić information content (AvgIpc) is 2.72. The van der Waals surface area contributed by atoms with E-state index in [0.29, 0.717) is 0 Å². The third kappa shape index (κ3) is 4.38. The molecule has 0 heterocycles. The molecule has 14 nitrogen and oxygen atoms in total. The smallest absolute Gasteiger partial charge is 0.258 e. The SMILES string of the molecule is N#CC(C#N)(Cc1cccc([N+](=O)[O-])c1[N+](=O)[O-])Cc1cccc([N+](=O)[O-])c1[N+](=O)[O-]. The molecule has 0 aliphatic carbocycles. The van der Waals surface area contributed by atoms with Crippen LogP contribution in [0.15, 0.2) is 36.4 Å². The summed E-state index contributed by atoms with van der Waals surface area (Å²) in [6.07, 6.45) is -1.37. The molecule has 2 aromatic carbocycles. The number of rotatable bonds is 8. The van der Waals surface area contributed by atoms with Gasteiger partial charge in [0.1, 0.15) is 0 Å². The van der Waals surface area contributed by atoms with Gasteiger partial charge in [0.25, 0.3) is 0 Å². The molecule has 0 fully saturated rings. The summed E-state index contributed by atoms with van der Waals surface area (Å²) in [5.74, 6) is 0. The van der Waals surface area contributed by atoms with Gasteiger partial charge in [-0.3, -0.25) is 40.5 Å². The Bertz CT molecular complexity index is 1100. The van der Waals surface area contributed by atoms with Crippen molar-refractivity contribution < 1.29 is 19.7 Å². The molecule has 0 aliphatic heterocycles. The summed E-state index contributed by atoms with van der Waals surface area (Å²) >= 11 is 0. The molecule has 0 aromatic heterocycles. The molecule has 0 aliphatic rings. The Hall–Kier alpha value is -4.98. The van der Waals surface area contributed by atoms with Gasteiger partial charge >= 0.3 is 22.7 Å². The number of nitrogens with zero attached hydrogens (tertiary/aromatic N) is 6. The molecule has 0 radical (unpaired) electrons. The highest BCUT2D eigenvalue weighted by Crippen LogP contribution is 2.39. The summed E-state index contributed by atoms with van der Waals surface area (Å²) in [6, 6.07) is 9.57. The minimum absolute atomic E-state index is 0.310. The van der Waals surface area contributed by atoms with Crippen molar-refractivity contribution in [2.45, 2.75) is 12.8 Å². The van der Waals surface area contributed by atoms with Gasteiger partial charge in [-0.05, 0) is 0 Å². The van der Waals surface area contributed by atoms with Gasteiger partial charge in [0.2, 0.25) is 0 Å². The Morgan fingerprint density at radius 1 is 0.677 bits per heavy atom. The Morgan fingerprint density at radius 3 is 1.29 bits per heavy atom. The fourth-order valence-corrected chi connectivity index (χ4v) is 3.05. The summed E-state index contributed by atoms with van der Waals surface area (Å²) in [4.78, 5) is 41.0. The second-order valence-electron chi connectivity index (χ2n) is 6.26. The molecule has 2 aromatic rings. The van der Waals surface area contributed by atoms with Crippen LogP contribution < -0.4 is 0 Å². The molecule has 0 saturated heterocycles. The normalized spacial score (nSPS) is 10.5. The fraction of sp³-hybridized carbons (Fsp3) is 0.176. The third-order valence-electron chi connectivity index (χ3n) is 4.37. The molecular formula is C17H10N6O8. The van der Waals surface area contributed by atoms with Gasteiger partial charge in [-0.25, -0.2) is 0 Å². The number of nitriles is 2. The van der Waals surface area contributed by atoms with E-state index in [0.717, 1.165) is 36.4 Å². The van der Waals surface area contributed by atoms with E-state index in [9.17, 15) is 51.0 Å².